The van der Waals surface area contributed by atoms with Gasteiger partial charge in [-0.2, -0.15) is 0 Å². The zero-order chi connectivity index (χ0) is 14.8. The quantitative estimate of drug-likeness (QED) is 0.914. The Balaban J connectivity index is 2.25. The summed E-state index contributed by atoms with van der Waals surface area (Å²) < 4.78 is 0. The van der Waals surface area contributed by atoms with Gasteiger partial charge in [-0.15, -0.1) is 0 Å². The average Bonchev–Trinajstić information content (AvgIpc) is 2.38. The molecule has 3 heteroatoms. The van der Waals surface area contributed by atoms with Gasteiger partial charge in [0.25, 0.3) is 0 Å². The van der Waals surface area contributed by atoms with E-state index in [0.29, 0.717) is 6.54 Å². The van der Waals surface area contributed by atoms with E-state index >= 15 is 0 Å². The summed E-state index contributed by atoms with van der Waals surface area (Å²) in [7, 11) is 0. The van der Waals surface area contributed by atoms with Crippen molar-refractivity contribution in [2.45, 2.75) is 49.6 Å². The molecule has 0 amide bonds. The van der Waals surface area contributed by atoms with Crippen molar-refractivity contribution in [3.8, 4) is 0 Å². The van der Waals surface area contributed by atoms with Crippen LogP contribution >= 0.6 is 11.8 Å². The third-order valence-electron chi connectivity index (χ3n) is 3.39. The minimum absolute atomic E-state index is 0.188. The molecule has 2 nitrogen and oxygen atoms in total. The van der Waals surface area contributed by atoms with Gasteiger partial charge < -0.3 is 5.73 Å². The normalized spacial score (nSPS) is 11.7. The second-order valence-electron chi connectivity index (χ2n) is 5.99. The van der Waals surface area contributed by atoms with Gasteiger partial charge >= 0.3 is 0 Å². The molecule has 0 saturated heterocycles. The fourth-order valence-corrected chi connectivity index (χ4v) is 3.01. The monoisotopic (exact) mass is 286 g/mol. The van der Waals surface area contributed by atoms with Crippen LogP contribution < -0.4 is 5.73 Å². The summed E-state index contributed by atoms with van der Waals surface area (Å²) in [5.41, 5.74) is 9.71. The Morgan fingerprint density at radius 3 is 2.30 bits per heavy atom. The van der Waals surface area contributed by atoms with Crippen LogP contribution in [0.25, 0.3) is 0 Å². The Bertz CT molecular complexity index is 583. The van der Waals surface area contributed by atoms with E-state index < -0.39 is 0 Å². The first-order chi connectivity index (χ1) is 9.41. The van der Waals surface area contributed by atoms with E-state index in [4.69, 9.17) is 5.73 Å². The molecule has 0 unspecified atom stereocenters. The lowest BCUT2D eigenvalue weighted by Gasteiger charge is -2.19. The van der Waals surface area contributed by atoms with Crippen molar-refractivity contribution in [3.05, 3.63) is 53.2 Å². The zero-order valence-corrected chi connectivity index (χ0v) is 13.4. The van der Waals surface area contributed by atoms with Gasteiger partial charge in [0.05, 0.1) is 0 Å². The van der Waals surface area contributed by atoms with Crippen LogP contribution in [0.5, 0.6) is 0 Å². The lowest BCUT2D eigenvalue weighted by molar-refractivity contribution is 0.590. The predicted octanol–water partition coefficient (Wildman–Crippen LogP) is 4.30. The maximum Gasteiger partial charge on any atom is 0.105 e. The van der Waals surface area contributed by atoms with Crippen molar-refractivity contribution in [1.82, 2.24) is 4.98 Å². The molecule has 2 aromatic rings. The molecule has 0 aliphatic heterocycles. The first-order valence-electron chi connectivity index (χ1n) is 6.85. The van der Waals surface area contributed by atoms with E-state index in [2.05, 4.69) is 56.9 Å². The number of benzene rings is 1. The molecule has 0 spiro atoms. The van der Waals surface area contributed by atoms with Gasteiger partial charge in [-0.3, -0.25) is 0 Å². The highest BCUT2D eigenvalue weighted by Crippen LogP contribution is 2.31. The number of nitrogens with two attached hydrogens (primary N) is 1. The van der Waals surface area contributed by atoms with E-state index in [9.17, 15) is 0 Å². The molecule has 2 N–H and O–H groups in total. The second kappa shape index (κ2) is 5.98. The molecule has 0 saturated carbocycles. The molecule has 2 rings (SSSR count). The molecular weight excluding hydrogens is 264 g/mol. The Morgan fingerprint density at radius 2 is 1.75 bits per heavy atom. The molecule has 106 valence electrons. The Hall–Kier alpha value is -1.32. The van der Waals surface area contributed by atoms with Crippen molar-refractivity contribution in [2.24, 2.45) is 5.73 Å². The molecule has 1 aromatic carbocycles. The Labute approximate surface area is 125 Å². The first kappa shape index (κ1) is 15.1. The van der Waals surface area contributed by atoms with Gasteiger partial charge in [0, 0.05) is 23.2 Å². The molecule has 1 aromatic heterocycles. The van der Waals surface area contributed by atoms with E-state index in [1.54, 1.807) is 11.8 Å². The zero-order valence-electron chi connectivity index (χ0n) is 12.6. The van der Waals surface area contributed by atoms with Crippen molar-refractivity contribution >= 4 is 11.8 Å². The van der Waals surface area contributed by atoms with Gasteiger partial charge in [-0.1, -0.05) is 44.7 Å². The summed E-state index contributed by atoms with van der Waals surface area (Å²) in [5.74, 6) is 0. The number of nitrogens with zero attached hydrogens (tertiary/aromatic N) is 1. The highest BCUT2D eigenvalue weighted by atomic mass is 32.2. The maximum absolute atomic E-state index is 5.83. The van der Waals surface area contributed by atoms with Crippen molar-refractivity contribution in [2.75, 3.05) is 0 Å². The summed E-state index contributed by atoms with van der Waals surface area (Å²) in [6.45, 7) is 9.29. The number of hydrogen-bond donors (Lipinski definition) is 1. The maximum atomic E-state index is 5.83. The van der Waals surface area contributed by atoms with Crippen LogP contribution in [0.15, 0.2) is 46.5 Å². The van der Waals surface area contributed by atoms with Crippen molar-refractivity contribution < 1.29 is 0 Å². The summed E-state index contributed by atoms with van der Waals surface area (Å²) >= 11 is 1.68. The average molecular weight is 286 g/mol. The van der Waals surface area contributed by atoms with E-state index in [1.807, 2.05) is 12.3 Å². The van der Waals surface area contributed by atoms with Crippen LogP contribution in [0.1, 0.15) is 37.5 Å². The van der Waals surface area contributed by atoms with Crippen LogP contribution in [0.3, 0.4) is 0 Å². The minimum Gasteiger partial charge on any atom is -0.326 e. The SMILES string of the molecule is Cc1ccnc(Sc2ccc(C(C)(C)C)cc2)c1CN. The topological polar surface area (TPSA) is 38.9 Å². The van der Waals surface area contributed by atoms with E-state index in [0.717, 1.165) is 10.6 Å². The summed E-state index contributed by atoms with van der Waals surface area (Å²) in [6.07, 6.45) is 1.85. The summed E-state index contributed by atoms with van der Waals surface area (Å²) in [5, 5.41) is 1.01. The second-order valence-corrected chi connectivity index (χ2v) is 7.05. The Morgan fingerprint density at radius 1 is 1.10 bits per heavy atom. The molecule has 20 heavy (non-hydrogen) atoms. The predicted molar refractivity (Wildman–Crippen MR) is 86.1 cm³/mol. The van der Waals surface area contributed by atoms with E-state index in [1.165, 1.54) is 16.0 Å². The number of aryl methyl sites for hydroxylation is 1. The van der Waals surface area contributed by atoms with Crippen molar-refractivity contribution in [3.63, 3.8) is 0 Å². The smallest absolute Gasteiger partial charge is 0.105 e. The fraction of sp³-hybridized carbons (Fsp3) is 0.353. The van der Waals surface area contributed by atoms with Gasteiger partial charge in [-0.25, -0.2) is 4.98 Å². The molecule has 0 atom stereocenters. The van der Waals surface area contributed by atoms with Crippen LogP contribution in [0.4, 0.5) is 0 Å². The fourth-order valence-electron chi connectivity index (χ4n) is 2.03. The molecule has 0 aliphatic rings. The lowest BCUT2D eigenvalue weighted by atomic mass is 9.87. The Kier molecular flexibility index (Phi) is 4.51. The standard InChI is InChI=1S/C17H22N2S/c1-12-9-10-19-16(15(12)11-18)20-14-7-5-13(6-8-14)17(2,3)4/h5-10H,11,18H2,1-4H3. The van der Waals surface area contributed by atoms with Gasteiger partial charge in [0.1, 0.15) is 5.03 Å². The largest absolute Gasteiger partial charge is 0.326 e. The van der Waals surface area contributed by atoms with Crippen LogP contribution in [-0.4, -0.2) is 4.98 Å². The number of aromatic nitrogens is 1. The van der Waals surface area contributed by atoms with Gasteiger partial charge in [0.15, 0.2) is 0 Å². The highest BCUT2D eigenvalue weighted by molar-refractivity contribution is 7.99. The third kappa shape index (κ3) is 3.41. The van der Waals surface area contributed by atoms with Crippen LogP contribution in [0, 0.1) is 6.92 Å². The molecular formula is C17H22N2S. The number of pyridine rings is 1. The molecule has 0 aliphatic carbocycles. The van der Waals surface area contributed by atoms with E-state index in [-0.39, 0.29) is 5.41 Å². The molecule has 0 fully saturated rings. The summed E-state index contributed by atoms with van der Waals surface area (Å²) in [4.78, 5) is 5.66. The molecule has 0 bridgehead atoms. The van der Waals surface area contributed by atoms with Crippen molar-refractivity contribution in [1.29, 1.82) is 0 Å². The van der Waals surface area contributed by atoms with Crippen LogP contribution in [0.2, 0.25) is 0 Å². The molecule has 1 heterocycles. The third-order valence-corrected chi connectivity index (χ3v) is 4.44. The summed E-state index contributed by atoms with van der Waals surface area (Å²) in [6, 6.07) is 10.7. The first-order valence-corrected chi connectivity index (χ1v) is 7.66. The van der Waals surface area contributed by atoms with Gasteiger partial charge in [-0.05, 0) is 41.7 Å². The van der Waals surface area contributed by atoms with Gasteiger partial charge in [0.2, 0.25) is 0 Å². The number of rotatable bonds is 3. The lowest BCUT2D eigenvalue weighted by Crippen LogP contribution is -2.10. The highest BCUT2D eigenvalue weighted by Gasteiger charge is 2.13. The number of hydrogen-bond acceptors (Lipinski definition) is 3. The molecule has 0 radical (unpaired) electrons. The minimum atomic E-state index is 0.188. The van der Waals surface area contributed by atoms with Crippen LogP contribution in [-0.2, 0) is 12.0 Å².